The third-order valence-corrected chi connectivity index (χ3v) is 2.86. The van der Waals surface area contributed by atoms with Crippen LogP contribution in [0.4, 0.5) is 0 Å². The highest BCUT2D eigenvalue weighted by Crippen LogP contribution is 2.44. The van der Waals surface area contributed by atoms with Gasteiger partial charge in [0.2, 0.25) is 0 Å². The molecule has 2 fully saturated rings. The van der Waals surface area contributed by atoms with Crippen molar-refractivity contribution in [2.24, 2.45) is 11.8 Å². The van der Waals surface area contributed by atoms with Gasteiger partial charge in [-0.3, -0.25) is 9.69 Å². The largest absolute Gasteiger partial charge is 0.480 e. The van der Waals surface area contributed by atoms with Gasteiger partial charge < -0.3 is 5.11 Å². The Labute approximate surface area is 66.0 Å². The van der Waals surface area contributed by atoms with Crippen LogP contribution in [0.1, 0.15) is 12.8 Å². The smallest absolute Gasteiger partial charge is 0.321 e. The Morgan fingerprint density at radius 3 is 2.55 bits per heavy atom. The molecule has 0 amide bonds. The Hall–Kier alpha value is -0.570. The van der Waals surface area contributed by atoms with Crippen LogP contribution in [0.25, 0.3) is 0 Å². The van der Waals surface area contributed by atoms with Crippen molar-refractivity contribution in [2.45, 2.75) is 18.9 Å². The second kappa shape index (κ2) is 2.21. The van der Waals surface area contributed by atoms with E-state index in [2.05, 4.69) is 0 Å². The summed E-state index contributed by atoms with van der Waals surface area (Å²) >= 11 is 0. The molecule has 1 saturated carbocycles. The first kappa shape index (κ1) is 7.10. The number of likely N-dealkylation sites (N-methyl/N-ethyl adjacent to an activating group) is 1. The van der Waals surface area contributed by atoms with Crippen LogP contribution in [0.15, 0.2) is 0 Å². The van der Waals surface area contributed by atoms with Crippen LogP contribution in [0.5, 0.6) is 0 Å². The predicted octanol–water partition coefficient (Wildman–Crippen LogP) is 0.411. The molecule has 2 atom stereocenters. The van der Waals surface area contributed by atoms with E-state index in [1.807, 2.05) is 11.9 Å². The Kier molecular flexibility index (Phi) is 1.42. The van der Waals surface area contributed by atoms with Gasteiger partial charge in [-0.25, -0.2) is 0 Å². The number of rotatable bonds is 2. The average Bonchev–Trinajstić information content (AvgIpc) is 2.62. The van der Waals surface area contributed by atoms with Crippen LogP contribution in [0.2, 0.25) is 0 Å². The lowest BCUT2D eigenvalue weighted by Gasteiger charge is -2.43. The topological polar surface area (TPSA) is 40.5 Å². The number of carboxylic acid groups (broad SMARTS) is 1. The zero-order chi connectivity index (χ0) is 8.01. The molecule has 3 nitrogen and oxygen atoms in total. The van der Waals surface area contributed by atoms with E-state index in [1.54, 1.807) is 0 Å². The Balaban J connectivity index is 1.98. The fraction of sp³-hybridized carbons (Fsp3) is 0.875. The minimum Gasteiger partial charge on any atom is -0.480 e. The van der Waals surface area contributed by atoms with Gasteiger partial charge in [0.25, 0.3) is 0 Å². The van der Waals surface area contributed by atoms with E-state index in [9.17, 15) is 4.79 Å². The standard InChI is InChI=1S/C8H13NO2/c1-9-4-6(5-2-3-5)7(9)8(10)11/h5-7H,2-4H2,1H3,(H,10,11). The number of hydrogen-bond acceptors (Lipinski definition) is 2. The molecule has 2 aliphatic rings. The molecule has 1 aliphatic carbocycles. The highest BCUT2D eigenvalue weighted by Gasteiger charge is 2.49. The molecule has 11 heavy (non-hydrogen) atoms. The first-order valence-electron chi connectivity index (χ1n) is 4.13. The summed E-state index contributed by atoms with van der Waals surface area (Å²) < 4.78 is 0. The van der Waals surface area contributed by atoms with E-state index < -0.39 is 5.97 Å². The summed E-state index contributed by atoms with van der Waals surface area (Å²) in [6.45, 7) is 0.988. The van der Waals surface area contributed by atoms with Gasteiger partial charge in [-0.2, -0.15) is 0 Å². The van der Waals surface area contributed by atoms with Crippen LogP contribution < -0.4 is 0 Å². The zero-order valence-corrected chi connectivity index (χ0v) is 6.66. The maximum absolute atomic E-state index is 10.7. The van der Waals surface area contributed by atoms with E-state index >= 15 is 0 Å². The number of likely N-dealkylation sites (tertiary alicyclic amines) is 1. The van der Waals surface area contributed by atoms with Crippen molar-refractivity contribution in [1.82, 2.24) is 4.90 Å². The van der Waals surface area contributed by atoms with Crippen molar-refractivity contribution in [1.29, 1.82) is 0 Å². The van der Waals surface area contributed by atoms with Gasteiger partial charge in [0, 0.05) is 12.5 Å². The van der Waals surface area contributed by atoms with Gasteiger partial charge in [0.1, 0.15) is 6.04 Å². The molecular weight excluding hydrogens is 142 g/mol. The van der Waals surface area contributed by atoms with E-state index in [1.165, 1.54) is 12.8 Å². The molecule has 0 aromatic heterocycles. The molecule has 0 aromatic carbocycles. The van der Waals surface area contributed by atoms with Crippen LogP contribution in [0, 0.1) is 11.8 Å². The molecule has 1 aliphatic heterocycles. The van der Waals surface area contributed by atoms with Gasteiger partial charge in [-0.1, -0.05) is 0 Å². The summed E-state index contributed by atoms with van der Waals surface area (Å²) in [6, 6.07) is -0.178. The van der Waals surface area contributed by atoms with Gasteiger partial charge >= 0.3 is 5.97 Å². The highest BCUT2D eigenvalue weighted by atomic mass is 16.4. The third-order valence-electron chi connectivity index (χ3n) is 2.86. The minimum atomic E-state index is -0.643. The summed E-state index contributed by atoms with van der Waals surface area (Å²) in [6.07, 6.45) is 2.50. The molecule has 1 N–H and O–H groups in total. The molecule has 1 heterocycles. The van der Waals surface area contributed by atoms with Crippen molar-refractivity contribution >= 4 is 5.97 Å². The molecular formula is C8H13NO2. The second-order valence-electron chi connectivity index (χ2n) is 3.72. The summed E-state index contributed by atoms with van der Waals surface area (Å²) in [5, 5.41) is 8.81. The van der Waals surface area contributed by atoms with Crippen molar-refractivity contribution in [3.63, 3.8) is 0 Å². The molecule has 0 bridgehead atoms. The number of nitrogens with zero attached hydrogens (tertiary/aromatic N) is 1. The van der Waals surface area contributed by atoms with Crippen LogP contribution in [0.3, 0.4) is 0 Å². The van der Waals surface area contributed by atoms with Crippen LogP contribution in [-0.4, -0.2) is 35.6 Å². The first-order chi connectivity index (χ1) is 5.20. The number of aliphatic carboxylic acids is 1. The fourth-order valence-electron chi connectivity index (χ4n) is 2.04. The molecule has 62 valence electrons. The first-order valence-corrected chi connectivity index (χ1v) is 4.13. The Bertz CT molecular complexity index is 189. The fourth-order valence-corrected chi connectivity index (χ4v) is 2.04. The maximum atomic E-state index is 10.7. The van der Waals surface area contributed by atoms with E-state index in [-0.39, 0.29) is 6.04 Å². The molecule has 2 unspecified atom stereocenters. The Morgan fingerprint density at radius 2 is 2.18 bits per heavy atom. The molecule has 3 heteroatoms. The van der Waals surface area contributed by atoms with Crippen LogP contribution in [-0.2, 0) is 4.79 Å². The number of hydrogen-bond donors (Lipinski definition) is 1. The lowest BCUT2D eigenvalue weighted by Crippen LogP contribution is -2.58. The van der Waals surface area contributed by atoms with Gasteiger partial charge in [-0.05, 0) is 25.8 Å². The van der Waals surface area contributed by atoms with Crippen molar-refractivity contribution < 1.29 is 9.90 Å². The van der Waals surface area contributed by atoms with E-state index in [0.717, 1.165) is 12.5 Å². The summed E-state index contributed by atoms with van der Waals surface area (Å²) in [4.78, 5) is 12.6. The van der Waals surface area contributed by atoms with Crippen molar-refractivity contribution in [3.8, 4) is 0 Å². The highest BCUT2D eigenvalue weighted by molar-refractivity contribution is 5.75. The minimum absolute atomic E-state index is 0.178. The lowest BCUT2D eigenvalue weighted by atomic mass is 9.85. The normalized spacial score (nSPS) is 38.3. The summed E-state index contributed by atoms with van der Waals surface area (Å²) in [5.74, 6) is 0.542. The number of carbonyl (C=O) groups is 1. The third kappa shape index (κ3) is 1.03. The van der Waals surface area contributed by atoms with Crippen molar-refractivity contribution in [3.05, 3.63) is 0 Å². The van der Waals surface area contributed by atoms with Gasteiger partial charge in [-0.15, -0.1) is 0 Å². The number of carboxylic acids is 1. The lowest BCUT2D eigenvalue weighted by molar-refractivity contribution is -0.152. The molecule has 1 saturated heterocycles. The predicted molar refractivity (Wildman–Crippen MR) is 40.3 cm³/mol. The molecule has 0 radical (unpaired) electrons. The van der Waals surface area contributed by atoms with E-state index in [0.29, 0.717) is 5.92 Å². The second-order valence-corrected chi connectivity index (χ2v) is 3.72. The average molecular weight is 155 g/mol. The zero-order valence-electron chi connectivity index (χ0n) is 6.66. The quantitative estimate of drug-likeness (QED) is 0.628. The van der Waals surface area contributed by atoms with E-state index in [4.69, 9.17) is 5.11 Å². The Morgan fingerprint density at radius 1 is 1.55 bits per heavy atom. The summed E-state index contributed by atoms with van der Waals surface area (Å²) in [5.41, 5.74) is 0. The van der Waals surface area contributed by atoms with Crippen LogP contribution >= 0.6 is 0 Å². The van der Waals surface area contributed by atoms with Crippen molar-refractivity contribution in [2.75, 3.05) is 13.6 Å². The van der Waals surface area contributed by atoms with Gasteiger partial charge in [0.05, 0.1) is 0 Å². The van der Waals surface area contributed by atoms with Gasteiger partial charge in [0.15, 0.2) is 0 Å². The summed E-state index contributed by atoms with van der Waals surface area (Å²) in [7, 11) is 1.89. The molecule has 2 rings (SSSR count). The molecule has 0 aromatic rings. The SMILES string of the molecule is CN1CC(C2CC2)C1C(=O)O. The molecule has 0 spiro atoms. The maximum Gasteiger partial charge on any atom is 0.321 e. The monoisotopic (exact) mass is 155 g/mol.